The van der Waals surface area contributed by atoms with Gasteiger partial charge in [-0.1, -0.05) is 42.0 Å². The fourth-order valence-electron chi connectivity index (χ4n) is 4.64. The fourth-order valence-corrected chi connectivity index (χ4v) is 4.64. The third-order valence-electron chi connectivity index (χ3n) is 6.35. The first-order valence-electron chi connectivity index (χ1n) is 11.4. The predicted molar refractivity (Wildman–Crippen MR) is 137 cm³/mol. The minimum Gasteiger partial charge on any atom is -0.465 e. The van der Waals surface area contributed by atoms with Gasteiger partial charge in [0.2, 0.25) is 5.95 Å². The number of amides is 1. The van der Waals surface area contributed by atoms with Gasteiger partial charge in [0.15, 0.2) is 0 Å². The number of nitrogens with zero attached hydrogens (tertiary/aromatic N) is 2. The minimum absolute atomic E-state index is 0.201. The zero-order valence-electron chi connectivity index (χ0n) is 20.0. The molecule has 176 valence electrons. The van der Waals surface area contributed by atoms with Crippen molar-refractivity contribution < 1.29 is 14.3 Å². The van der Waals surface area contributed by atoms with E-state index in [1.54, 1.807) is 12.1 Å². The highest BCUT2D eigenvalue weighted by atomic mass is 16.5. The molecule has 0 unspecified atom stereocenters. The van der Waals surface area contributed by atoms with Crippen LogP contribution in [0.1, 0.15) is 40.0 Å². The van der Waals surface area contributed by atoms with Crippen LogP contribution in [0.5, 0.6) is 0 Å². The highest BCUT2D eigenvalue weighted by Gasteiger charge is 2.34. The van der Waals surface area contributed by atoms with Crippen molar-refractivity contribution in [3.05, 3.63) is 100 Å². The average molecular weight is 467 g/mol. The zero-order chi connectivity index (χ0) is 24.7. The van der Waals surface area contributed by atoms with Crippen LogP contribution in [0.2, 0.25) is 0 Å². The number of para-hydroxylation sites is 2. The number of methoxy groups -OCH3 is 1. The first-order chi connectivity index (χ1) is 16.9. The van der Waals surface area contributed by atoms with E-state index in [1.807, 2.05) is 79.9 Å². The lowest BCUT2D eigenvalue weighted by Crippen LogP contribution is -2.31. The van der Waals surface area contributed by atoms with Gasteiger partial charge in [-0.3, -0.25) is 9.36 Å². The molecular formula is C28H26N4O3. The van der Waals surface area contributed by atoms with Crippen LogP contribution in [-0.4, -0.2) is 28.5 Å². The number of aromatic nitrogens is 2. The average Bonchev–Trinajstić information content (AvgIpc) is 3.22. The normalized spacial score (nSPS) is 14.9. The second-order valence-corrected chi connectivity index (χ2v) is 8.75. The number of carbonyl (C=O) groups excluding carboxylic acids is 2. The molecule has 1 aliphatic rings. The van der Waals surface area contributed by atoms with E-state index < -0.39 is 12.0 Å². The molecule has 5 rings (SSSR count). The number of nitrogens with one attached hydrogen (secondary N) is 2. The molecule has 0 saturated heterocycles. The second-order valence-electron chi connectivity index (χ2n) is 8.75. The number of carbonyl (C=O) groups is 2. The standard InChI is InChI=1S/C28H26N4O3/c1-16-9-14-21(17(2)15-16)30-26(33)24-18(3)29-28-31-22-7-5-6-8-23(22)32(28)25(24)19-10-12-20(13-11-19)27(34)35-4/h5-15,25H,1-4H3,(H,29,31)(H,30,33)/t25-/m1/s1. The smallest absolute Gasteiger partial charge is 0.337 e. The molecular weight excluding hydrogens is 440 g/mol. The van der Waals surface area contributed by atoms with Gasteiger partial charge in [0.1, 0.15) is 0 Å². The van der Waals surface area contributed by atoms with E-state index in [2.05, 4.69) is 10.6 Å². The molecule has 7 heteroatoms. The predicted octanol–water partition coefficient (Wildman–Crippen LogP) is 5.37. The Morgan fingerprint density at radius 3 is 2.46 bits per heavy atom. The van der Waals surface area contributed by atoms with Crippen LogP contribution < -0.4 is 10.6 Å². The Morgan fingerprint density at radius 1 is 1.00 bits per heavy atom. The number of hydrogen-bond acceptors (Lipinski definition) is 5. The molecule has 1 atom stereocenters. The van der Waals surface area contributed by atoms with Crippen LogP contribution in [0, 0.1) is 13.8 Å². The van der Waals surface area contributed by atoms with Crippen molar-refractivity contribution in [2.75, 3.05) is 17.7 Å². The summed E-state index contributed by atoms with van der Waals surface area (Å²) in [5.74, 6) is 0.0522. The second kappa shape index (κ2) is 8.76. The van der Waals surface area contributed by atoms with Crippen LogP contribution in [0.15, 0.2) is 78.0 Å². The van der Waals surface area contributed by atoms with Crippen LogP contribution in [0.4, 0.5) is 11.6 Å². The molecule has 4 aromatic rings. The van der Waals surface area contributed by atoms with Crippen LogP contribution >= 0.6 is 0 Å². The van der Waals surface area contributed by atoms with Crippen molar-refractivity contribution in [3.63, 3.8) is 0 Å². The van der Waals surface area contributed by atoms with Gasteiger partial charge in [-0.2, -0.15) is 0 Å². The largest absolute Gasteiger partial charge is 0.465 e. The van der Waals surface area contributed by atoms with Crippen molar-refractivity contribution in [1.82, 2.24) is 9.55 Å². The summed E-state index contributed by atoms with van der Waals surface area (Å²) in [6, 6.07) is 20.5. The van der Waals surface area contributed by atoms with Crippen LogP contribution in [0.3, 0.4) is 0 Å². The summed E-state index contributed by atoms with van der Waals surface area (Å²) in [6.45, 7) is 5.89. The quantitative estimate of drug-likeness (QED) is 0.395. The summed E-state index contributed by atoms with van der Waals surface area (Å²) in [5.41, 5.74) is 7.22. The molecule has 35 heavy (non-hydrogen) atoms. The number of fused-ring (bicyclic) bond motifs is 3. The first-order valence-corrected chi connectivity index (χ1v) is 11.4. The maximum atomic E-state index is 13.8. The number of rotatable bonds is 4. The number of allylic oxidation sites excluding steroid dienone is 1. The molecule has 1 aliphatic heterocycles. The summed E-state index contributed by atoms with van der Waals surface area (Å²) in [5, 5.41) is 6.43. The van der Waals surface area contributed by atoms with Gasteiger partial charge in [0.25, 0.3) is 5.91 Å². The summed E-state index contributed by atoms with van der Waals surface area (Å²) >= 11 is 0. The van der Waals surface area contributed by atoms with Gasteiger partial charge in [-0.15, -0.1) is 0 Å². The van der Waals surface area contributed by atoms with Gasteiger partial charge < -0.3 is 15.4 Å². The summed E-state index contributed by atoms with van der Waals surface area (Å²) in [4.78, 5) is 30.5. The van der Waals surface area contributed by atoms with E-state index in [0.717, 1.165) is 39.1 Å². The fraction of sp³-hybridized carbons (Fsp3) is 0.179. The third-order valence-corrected chi connectivity index (χ3v) is 6.35. The molecule has 1 amide bonds. The lowest BCUT2D eigenvalue weighted by Gasteiger charge is -2.31. The molecule has 1 aromatic heterocycles. The Kier molecular flexibility index (Phi) is 5.61. The SMILES string of the molecule is COC(=O)c1ccc([C@@H]2C(C(=O)Nc3ccc(C)cc3C)=C(C)Nc3nc4ccccc4n32)cc1. The zero-order valence-corrected chi connectivity index (χ0v) is 20.0. The number of imidazole rings is 1. The van der Waals surface area contributed by atoms with Gasteiger partial charge in [0.05, 0.1) is 35.3 Å². The Morgan fingerprint density at radius 2 is 1.74 bits per heavy atom. The van der Waals surface area contributed by atoms with E-state index in [-0.39, 0.29) is 5.91 Å². The molecule has 0 saturated carbocycles. The molecule has 0 bridgehead atoms. The highest BCUT2D eigenvalue weighted by Crippen LogP contribution is 2.39. The number of anilines is 2. The molecule has 0 spiro atoms. The van der Waals surface area contributed by atoms with Crippen LogP contribution in [-0.2, 0) is 9.53 Å². The third kappa shape index (κ3) is 3.95. The lowest BCUT2D eigenvalue weighted by atomic mass is 9.93. The first kappa shape index (κ1) is 22.4. The van der Waals surface area contributed by atoms with E-state index in [4.69, 9.17) is 9.72 Å². The number of benzene rings is 3. The number of esters is 1. The number of ether oxygens (including phenoxy) is 1. The Labute approximate surface area is 203 Å². The minimum atomic E-state index is -0.448. The van der Waals surface area contributed by atoms with Crippen molar-refractivity contribution in [1.29, 1.82) is 0 Å². The Hall–Kier alpha value is -4.39. The monoisotopic (exact) mass is 466 g/mol. The van der Waals surface area contributed by atoms with E-state index in [9.17, 15) is 9.59 Å². The van der Waals surface area contributed by atoms with Gasteiger partial charge >= 0.3 is 5.97 Å². The molecule has 2 heterocycles. The maximum Gasteiger partial charge on any atom is 0.337 e. The van der Waals surface area contributed by atoms with Crippen molar-refractivity contribution in [2.24, 2.45) is 0 Å². The van der Waals surface area contributed by atoms with E-state index in [0.29, 0.717) is 17.1 Å². The maximum absolute atomic E-state index is 13.8. The van der Waals surface area contributed by atoms with E-state index in [1.165, 1.54) is 7.11 Å². The van der Waals surface area contributed by atoms with Crippen molar-refractivity contribution in [2.45, 2.75) is 26.8 Å². The molecule has 0 fully saturated rings. The van der Waals surface area contributed by atoms with Crippen molar-refractivity contribution >= 4 is 34.5 Å². The van der Waals surface area contributed by atoms with Crippen molar-refractivity contribution in [3.8, 4) is 0 Å². The van der Waals surface area contributed by atoms with Crippen LogP contribution in [0.25, 0.3) is 11.0 Å². The van der Waals surface area contributed by atoms with E-state index >= 15 is 0 Å². The summed E-state index contributed by atoms with van der Waals surface area (Å²) in [7, 11) is 1.36. The topological polar surface area (TPSA) is 85.2 Å². The van der Waals surface area contributed by atoms with Gasteiger partial charge in [-0.25, -0.2) is 9.78 Å². The summed E-state index contributed by atoms with van der Waals surface area (Å²) < 4.78 is 6.88. The van der Waals surface area contributed by atoms with Gasteiger partial charge in [0, 0.05) is 11.4 Å². The number of hydrogen-bond donors (Lipinski definition) is 2. The molecule has 2 N–H and O–H groups in total. The Balaban J connectivity index is 1.64. The molecule has 3 aromatic carbocycles. The highest BCUT2D eigenvalue weighted by molar-refractivity contribution is 6.06. The summed E-state index contributed by atoms with van der Waals surface area (Å²) in [6.07, 6.45) is 0. The Bertz CT molecular complexity index is 1500. The number of aryl methyl sites for hydroxylation is 2. The molecule has 0 aliphatic carbocycles. The lowest BCUT2D eigenvalue weighted by molar-refractivity contribution is -0.113. The van der Waals surface area contributed by atoms with Gasteiger partial charge in [-0.05, 0) is 62.2 Å². The molecule has 0 radical (unpaired) electrons. The molecule has 7 nitrogen and oxygen atoms in total.